The minimum atomic E-state index is -0.693. The zero-order chi connectivity index (χ0) is 31.0. The van der Waals surface area contributed by atoms with Gasteiger partial charge in [-0.15, -0.1) is 12.8 Å². The molecule has 0 atom stereocenters. The maximum atomic E-state index is 9.76. The van der Waals surface area contributed by atoms with E-state index in [1.165, 1.54) is 0 Å². The highest BCUT2D eigenvalue weighted by Gasteiger charge is 1.91. The number of carbonyl (C=O) groups excluding carboxylic acids is 2. The van der Waals surface area contributed by atoms with E-state index in [1.54, 1.807) is 7.11 Å². The van der Waals surface area contributed by atoms with Crippen LogP contribution in [-0.4, -0.2) is 97.2 Å². The molecule has 0 aliphatic heterocycles. The van der Waals surface area contributed by atoms with Crippen molar-refractivity contribution in [2.75, 3.05) is 73.6 Å². The van der Waals surface area contributed by atoms with Gasteiger partial charge in [0.2, 0.25) is 0 Å². The molecule has 0 aliphatic carbocycles. The van der Waals surface area contributed by atoms with Crippen LogP contribution in [0, 0.1) is 12.8 Å². The van der Waals surface area contributed by atoms with Crippen LogP contribution in [0.25, 0.3) is 0 Å². The van der Waals surface area contributed by atoms with E-state index in [-0.39, 0.29) is 0 Å². The molecular weight excluding hydrogens is 496 g/mol. The molecule has 0 amide bonds. The molecule has 0 aromatic heterocycles. The third-order valence-corrected chi connectivity index (χ3v) is 2.45. The van der Waals surface area contributed by atoms with Gasteiger partial charge in [-0.2, -0.15) is 12.6 Å². The van der Waals surface area contributed by atoms with E-state index in [1.807, 2.05) is 62.7 Å². The van der Waals surface area contributed by atoms with Crippen LogP contribution in [0.1, 0.15) is 73.6 Å². The lowest BCUT2D eigenvalue weighted by Crippen LogP contribution is -2.16. The molecule has 3 N–H and O–H groups in total. The van der Waals surface area contributed by atoms with Crippen molar-refractivity contribution >= 4 is 31.2 Å². The summed E-state index contributed by atoms with van der Waals surface area (Å²) in [7, 11) is 7.31. The van der Waals surface area contributed by atoms with E-state index in [9.17, 15) is 14.4 Å². The molecule has 9 nitrogen and oxygen atoms in total. The van der Waals surface area contributed by atoms with Gasteiger partial charge in [0.05, 0.1) is 33.0 Å². The van der Waals surface area contributed by atoms with Gasteiger partial charge in [-0.05, 0) is 33.3 Å². The summed E-state index contributed by atoms with van der Waals surface area (Å²) in [5.74, 6) is 0.252. The number of hydrogen-bond acceptors (Lipinski definition) is 9. The van der Waals surface area contributed by atoms with Crippen molar-refractivity contribution in [1.82, 2.24) is 10.6 Å². The Morgan fingerprint density at radius 1 is 0.865 bits per heavy atom. The molecule has 0 rings (SSSR count). The SMILES string of the molecule is C#C.CC.CC.CCCCC(=O)O.CCS.CNC.CNCCOCCOCCOC.O=CCCC=O. The summed E-state index contributed by atoms with van der Waals surface area (Å²) in [4.78, 5) is 28.6. The first-order valence-corrected chi connectivity index (χ1v) is 13.5. The molecule has 0 heterocycles. The highest BCUT2D eigenvalue weighted by atomic mass is 32.1. The molecule has 37 heavy (non-hydrogen) atoms. The van der Waals surface area contributed by atoms with Crippen LogP contribution in [0.2, 0.25) is 0 Å². The number of hydrogen-bond donors (Lipinski definition) is 4. The topological polar surface area (TPSA) is 123 Å². The van der Waals surface area contributed by atoms with Crippen molar-refractivity contribution in [3.63, 3.8) is 0 Å². The average Bonchev–Trinajstić information content (AvgIpc) is 2.93. The Bertz CT molecular complexity index is 330. The molecule has 0 unspecified atom stereocenters. The van der Waals surface area contributed by atoms with Gasteiger partial charge in [0.1, 0.15) is 12.6 Å². The van der Waals surface area contributed by atoms with Crippen LogP contribution in [0.5, 0.6) is 0 Å². The highest BCUT2D eigenvalue weighted by Crippen LogP contribution is 1.91. The predicted molar refractivity (Wildman–Crippen MR) is 163 cm³/mol. The zero-order valence-corrected chi connectivity index (χ0v) is 26.5. The Labute approximate surface area is 235 Å². The normalized spacial score (nSPS) is 7.59. The van der Waals surface area contributed by atoms with Crippen molar-refractivity contribution in [1.29, 1.82) is 0 Å². The Morgan fingerprint density at radius 3 is 1.46 bits per heavy atom. The molecule has 0 aromatic rings. The number of likely N-dealkylation sites (N-methyl/N-ethyl adjacent to an activating group) is 1. The van der Waals surface area contributed by atoms with E-state index >= 15 is 0 Å². The molecule has 0 aliphatic rings. The molecule has 0 fully saturated rings. The van der Waals surface area contributed by atoms with Gasteiger partial charge in [0.15, 0.2) is 0 Å². The minimum Gasteiger partial charge on any atom is -0.481 e. The number of aldehydes is 2. The number of methoxy groups -OCH3 is 1. The zero-order valence-electron chi connectivity index (χ0n) is 25.6. The third-order valence-electron chi connectivity index (χ3n) is 2.45. The van der Waals surface area contributed by atoms with Crippen LogP contribution in [0.4, 0.5) is 0 Å². The lowest BCUT2D eigenvalue weighted by molar-refractivity contribution is -0.137. The molecular formula is C27H62N2O7S. The van der Waals surface area contributed by atoms with E-state index < -0.39 is 5.97 Å². The van der Waals surface area contributed by atoms with Crippen LogP contribution in [0.15, 0.2) is 0 Å². The summed E-state index contributed by atoms with van der Waals surface area (Å²) in [6, 6.07) is 0. The van der Waals surface area contributed by atoms with Crippen molar-refractivity contribution in [3.8, 4) is 12.8 Å². The van der Waals surface area contributed by atoms with Crippen LogP contribution in [0.3, 0.4) is 0 Å². The summed E-state index contributed by atoms with van der Waals surface area (Å²) in [5, 5.41) is 13.8. The maximum Gasteiger partial charge on any atom is 0.303 e. The minimum absolute atomic E-state index is 0.316. The Morgan fingerprint density at radius 2 is 1.22 bits per heavy atom. The molecule has 0 radical (unpaired) electrons. The van der Waals surface area contributed by atoms with Crippen molar-refractivity contribution < 1.29 is 33.7 Å². The standard InChI is InChI=1S/C8H19NO3.C5H10O2.C4H6O2.C2H7N.C2H6S.2C2H6.C2H2/c1-9-3-4-11-7-8-12-6-5-10-2;1-2-3-4-5(6)7;5-3-1-2-4-6;1-3-2;1-2-3;3*1-2/h9H,3-8H2,1-2H3;2-4H2,1H3,(H,6,7);3-4H,1-2H2;3H,1-2H3;3H,2H2,1H3;2*1-2H3;1-2H. The van der Waals surface area contributed by atoms with Crippen molar-refractivity contribution in [3.05, 3.63) is 0 Å². The van der Waals surface area contributed by atoms with E-state index in [4.69, 9.17) is 19.3 Å². The lowest BCUT2D eigenvalue weighted by atomic mass is 10.3. The quantitative estimate of drug-likeness (QED) is 0.100. The fraction of sp³-hybridized carbons (Fsp3) is 0.815. The number of unbranched alkanes of at least 4 members (excludes halogenated alkanes) is 2. The third kappa shape index (κ3) is 173. The van der Waals surface area contributed by atoms with E-state index in [2.05, 4.69) is 36.1 Å². The number of thiol groups is 1. The lowest BCUT2D eigenvalue weighted by Gasteiger charge is -2.04. The summed E-state index contributed by atoms with van der Waals surface area (Å²) < 4.78 is 15.2. The monoisotopic (exact) mass is 558 g/mol. The largest absolute Gasteiger partial charge is 0.481 e. The number of carbonyl (C=O) groups is 3. The van der Waals surface area contributed by atoms with Gasteiger partial charge in [-0.25, -0.2) is 0 Å². The first-order valence-electron chi connectivity index (χ1n) is 12.8. The second kappa shape index (κ2) is 92.1. The predicted octanol–water partition coefficient (Wildman–Crippen LogP) is 4.38. The second-order valence-electron chi connectivity index (χ2n) is 5.55. The molecule has 0 bridgehead atoms. The van der Waals surface area contributed by atoms with Gasteiger partial charge in [0.25, 0.3) is 0 Å². The van der Waals surface area contributed by atoms with Gasteiger partial charge in [0, 0.05) is 32.9 Å². The first-order chi connectivity index (χ1) is 17.9. The molecule has 0 saturated carbocycles. The van der Waals surface area contributed by atoms with Gasteiger partial charge in [-0.1, -0.05) is 48.0 Å². The number of carboxylic acid groups (broad SMARTS) is 1. The first kappa shape index (κ1) is 55.9. The molecule has 0 spiro atoms. The van der Waals surface area contributed by atoms with Gasteiger partial charge < -0.3 is 39.5 Å². The Hall–Kier alpha value is -1.48. The Kier molecular flexibility index (Phi) is 139. The van der Waals surface area contributed by atoms with Gasteiger partial charge >= 0.3 is 5.97 Å². The summed E-state index contributed by atoms with van der Waals surface area (Å²) in [6.45, 7) is 16.2. The maximum absolute atomic E-state index is 9.76. The van der Waals surface area contributed by atoms with E-state index in [0.717, 1.165) is 44.3 Å². The van der Waals surface area contributed by atoms with Gasteiger partial charge in [-0.3, -0.25) is 4.79 Å². The summed E-state index contributed by atoms with van der Waals surface area (Å²) in [5.41, 5.74) is 0. The summed E-state index contributed by atoms with van der Waals surface area (Å²) >= 11 is 3.79. The number of ether oxygens (including phenoxy) is 3. The highest BCUT2D eigenvalue weighted by molar-refractivity contribution is 7.80. The van der Waals surface area contributed by atoms with E-state index in [0.29, 0.717) is 45.7 Å². The molecule has 228 valence electrons. The van der Waals surface area contributed by atoms with Crippen LogP contribution >= 0.6 is 12.6 Å². The van der Waals surface area contributed by atoms with Crippen molar-refractivity contribution in [2.24, 2.45) is 0 Å². The molecule has 10 heteroatoms. The van der Waals surface area contributed by atoms with Crippen LogP contribution < -0.4 is 10.6 Å². The van der Waals surface area contributed by atoms with Crippen molar-refractivity contribution in [2.45, 2.75) is 73.6 Å². The Balaban J connectivity index is -0.0000000486. The number of terminal acetylenes is 1. The smallest absolute Gasteiger partial charge is 0.303 e. The molecule has 0 saturated heterocycles. The number of nitrogens with one attached hydrogen (secondary N) is 2. The number of rotatable bonds is 15. The summed E-state index contributed by atoms with van der Waals surface area (Å²) in [6.07, 6.45) is 12.3. The number of carboxylic acids is 1. The fourth-order valence-electron chi connectivity index (χ4n) is 1.10. The second-order valence-corrected chi connectivity index (χ2v) is 6.18. The fourth-order valence-corrected chi connectivity index (χ4v) is 1.10. The average molecular weight is 559 g/mol. The molecule has 0 aromatic carbocycles. The van der Waals surface area contributed by atoms with Crippen LogP contribution in [-0.2, 0) is 28.6 Å². The number of aliphatic carboxylic acids is 1.